The monoisotopic (exact) mass is 275 g/mol. The van der Waals surface area contributed by atoms with E-state index in [2.05, 4.69) is 20.9 Å². The summed E-state index contributed by atoms with van der Waals surface area (Å²) in [7, 11) is 0. The quantitative estimate of drug-likeness (QED) is 0.843. The minimum Gasteiger partial charge on any atom is -0.392 e. The Balaban J connectivity index is 2.46. The highest BCUT2D eigenvalue weighted by Gasteiger charge is 2.50. The first kappa shape index (κ1) is 10.4. The van der Waals surface area contributed by atoms with Crippen molar-refractivity contribution in [3.8, 4) is 0 Å². The van der Waals surface area contributed by atoms with Crippen LogP contribution in [0, 0.1) is 0 Å². The summed E-state index contributed by atoms with van der Waals surface area (Å²) in [5, 5.41) is 10.2. The van der Waals surface area contributed by atoms with Gasteiger partial charge in [-0.2, -0.15) is 0 Å². The molecule has 0 saturated heterocycles. The minimum atomic E-state index is -0.371. The van der Waals surface area contributed by atoms with Gasteiger partial charge in [0.2, 0.25) is 0 Å². The van der Waals surface area contributed by atoms with Gasteiger partial charge >= 0.3 is 0 Å². The average molecular weight is 277 g/mol. The maximum Gasteiger partial charge on any atom is 0.129 e. The fraction of sp³-hybridized carbons (Fsp3) is 0.500. The van der Waals surface area contributed by atoms with Gasteiger partial charge in [-0.05, 0) is 47.8 Å². The first-order chi connectivity index (χ1) is 6.56. The molecule has 1 saturated carbocycles. The normalized spacial score (nSPS) is 20.6. The van der Waals surface area contributed by atoms with Crippen LogP contribution in [-0.2, 0) is 5.41 Å². The number of rotatable bonds is 2. The van der Waals surface area contributed by atoms with E-state index in [-0.39, 0.29) is 11.5 Å². The van der Waals surface area contributed by atoms with E-state index in [0.717, 1.165) is 23.0 Å². The van der Waals surface area contributed by atoms with Crippen molar-refractivity contribution in [2.45, 2.75) is 31.3 Å². The molecule has 2 rings (SSSR count). The Labute approximate surface area is 96.4 Å². The van der Waals surface area contributed by atoms with Gasteiger partial charge < -0.3 is 5.11 Å². The number of hydrogen-bond donors (Lipinski definition) is 1. The summed E-state index contributed by atoms with van der Waals surface area (Å²) in [4.78, 5) is 4.29. The maximum absolute atomic E-state index is 9.71. The standard InChI is InChI=1S/C10H11BrClNO/c1-6(14)10(4-5-10)9-7(11)2-3-8(12)13-9/h2-3,6,14H,4-5H2,1H3. The molecule has 1 aromatic heterocycles. The number of aromatic nitrogens is 1. The SMILES string of the molecule is CC(O)C1(c2nc(Cl)ccc2Br)CC1. The average Bonchev–Trinajstić information content (AvgIpc) is 2.90. The molecule has 1 fully saturated rings. The summed E-state index contributed by atoms with van der Waals surface area (Å²) in [6.45, 7) is 1.81. The highest BCUT2D eigenvalue weighted by molar-refractivity contribution is 9.10. The van der Waals surface area contributed by atoms with E-state index in [9.17, 15) is 5.11 Å². The van der Waals surface area contributed by atoms with E-state index in [1.807, 2.05) is 13.0 Å². The third kappa shape index (κ3) is 1.58. The molecule has 1 unspecified atom stereocenters. The molecule has 1 heterocycles. The van der Waals surface area contributed by atoms with Gasteiger partial charge in [-0.1, -0.05) is 11.6 Å². The largest absolute Gasteiger partial charge is 0.392 e. The van der Waals surface area contributed by atoms with Crippen LogP contribution in [0.4, 0.5) is 0 Å². The summed E-state index contributed by atoms with van der Waals surface area (Å²) in [5.74, 6) is 0. The lowest BCUT2D eigenvalue weighted by atomic mass is 9.96. The van der Waals surface area contributed by atoms with Gasteiger partial charge in [0.25, 0.3) is 0 Å². The van der Waals surface area contributed by atoms with Crippen molar-refractivity contribution in [2.75, 3.05) is 0 Å². The molecule has 0 spiro atoms. The van der Waals surface area contributed by atoms with E-state index in [1.165, 1.54) is 0 Å². The number of aliphatic hydroxyl groups is 1. The first-order valence-electron chi connectivity index (χ1n) is 4.57. The summed E-state index contributed by atoms with van der Waals surface area (Å²) in [6, 6.07) is 3.63. The molecule has 0 aromatic carbocycles. The van der Waals surface area contributed by atoms with Gasteiger partial charge in [-0.3, -0.25) is 0 Å². The molecule has 0 bridgehead atoms. The Bertz CT molecular complexity index is 363. The Morgan fingerprint density at radius 3 is 2.71 bits per heavy atom. The number of nitrogens with zero attached hydrogens (tertiary/aromatic N) is 1. The zero-order valence-corrected chi connectivity index (χ0v) is 10.1. The molecule has 1 atom stereocenters. The molecule has 1 aromatic rings. The van der Waals surface area contributed by atoms with Crippen LogP contribution in [0.2, 0.25) is 5.15 Å². The van der Waals surface area contributed by atoms with Crippen LogP contribution in [0.3, 0.4) is 0 Å². The van der Waals surface area contributed by atoms with Gasteiger partial charge in [-0.15, -0.1) is 0 Å². The van der Waals surface area contributed by atoms with Crippen molar-refractivity contribution in [3.63, 3.8) is 0 Å². The smallest absolute Gasteiger partial charge is 0.129 e. The van der Waals surface area contributed by atoms with Crippen molar-refractivity contribution in [1.82, 2.24) is 4.98 Å². The summed E-state index contributed by atoms with van der Waals surface area (Å²) >= 11 is 9.28. The Kier molecular flexibility index (Phi) is 2.58. The third-order valence-electron chi connectivity index (χ3n) is 2.87. The van der Waals surface area contributed by atoms with Crippen molar-refractivity contribution >= 4 is 27.5 Å². The Morgan fingerprint density at radius 2 is 2.21 bits per heavy atom. The molecule has 0 aliphatic heterocycles. The molecule has 4 heteroatoms. The van der Waals surface area contributed by atoms with Crippen LogP contribution in [-0.4, -0.2) is 16.2 Å². The van der Waals surface area contributed by atoms with Crippen molar-refractivity contribution in [1.29, 1.82) is 0 Å². The van der Waals surface area contributed by atoms with Gasteiger partial charge in [0.15, 0.2) is 0 Å². The highest BCUT2D eigenvalue weighted by Crippen LogP contribution is 2.52. The summed E-state index contributed by atoms with van der Waals surface area (Å²) < 4.78 is 0.931. The van der Waals surface area contributed by atoms with Gasteiger partial charge in [-0.25, -0.2) is 4.98 Å². The summed E-state index contributed by atoms with van der Waals surface area (Å²) in [5.41, 5.74) is 0.726. The zero-order valence-electron chi connectivity index (χ0n) is 7.80. The highest BCUT2D eigenvalue weighted by atomic mass is 79.9. The topological polar surface area (TPSA) is 33.1 Å². The van der Waals surface area contributed by atoms with Crippen LogP contribution in [0.15, 0.2) is 16.6 Å². The van der Waals surface area contributed by atoms with Crippen LogP contribution in [0.25, 0.3) is 0 Å². The summed E-state index contributed by atoms with van der Waals surface area (Å²) in [6.07, 6.45) is 1.59. The van der Waals surface area contributed by atoms with E-state index < -0.39 is 0 Å². The van der Waals surface area contributed by atoms with Crippen LogP contribution in [0.5, 0.6) is 0 Å². The second kappa shape index (κ2) is 3.47. The van der Waals surface area contributed by atoms with Crippen LogP contribution >= 0.6 is 27.5 Å². The van der Waals surface area contributed by atoms with E-state index in [0.29, 0.717) is 5.15 Å². The molecule has 1 aliphatic rings. The van der Waals surface area contributed by atoms with Gasteiger partial charge in [0.1, 0.15) is 5.15 Å². The molecular weight excluding hydrogens is 265 g/mol. The molecule has 0 radical (unpaired) electrons. The lowest BCUT2D eigenvalue weighted by Crippen LogP contribution is -2.24. The molecule has 76 valence electrons. The lowest BCUT2D eigenvalue weighted by Gasteiger charge is -2.19. The molecular formula is C10H11BrClNO. The third-order valence-corrected chi connectivity index (χ3v) is 3.72. The molecule has 1 N–H and O–H groups in total. The molecule has 0 amide bonds. The first-order valence-corrected chi connectivity index (χ1v) is 5.74. The fourth-order valence-electron chi connectivity index (χ4n) is 1.75. The van der Waals surface area contributed by atoms with Gasteiger partial charge in [0.05, 0.1) is 11.8 Å². The molecule has 14 heavy (non-hydrogen) atoms. The number of hydrogen-bond acceptors (Lipinski definition) is 2. The van der Waals surface area contributed by atoms with E-state index in [4.69, 9.17) is 11.6 Å². The van der Waals surface area contributed by atoms with Crippen molar-refractivity contribution in [3.05, 3.63) is 27.5 Å². The van der Waals surface area contributed by atoms with Gasteiger partial charge in [0, 0.05) is 9.89 Å². The molecule has 2 nitrogen and oxygen atoms in total. The van der Waals surface area contributed by atoms with Crippen molar-refractivity contribution < 1.29 is 5.11 Å². The Morgan fingerprint density at radius 1 is 1.57 bits per heavy atom. The second-order valence-electron chi connectivity index (χ2n) is 3.80. The number of halogens is 2. The number of aliphatic hydroxyl groups excluding tert-OH is 1. The Hall–Kier alpha value is -0.120. The fourth-order valence-corrected chi connectivity index (χ4v) is 2.52. The van der Waals surface area contributed by atoms with E-state index >= 15 is 0 Å². The van der Waals surface area contributed by atoms with Crippen LogP contribution < -0.4 is 0 Å². The lowest BCUT2D eigenvalue weighted by molar-refractivity contribution is 0.148. The minimum absolute atomic E-state index is 0.163. The van der Waals surface area contributed by atoms with Crippen molar-refractivity contribution in [2.24, 2.45) is 0 Å². The van der Waals surface area contributed by atoms with Crippen LogP contribution in [0.1, 0.15) is 25.5 Å². The second-order valence-corrected chi connectivity index (χ2v) is 5.04. The predicted molar refractivity (Wildman–Crippen MR) is 59.5 cm³/mol. The van der Waals surface area contributed by atoms with E-state index in [1.54, 1.807) is 6.07 Å². The maximum atomic E-state index is 9.71. The zero-order chi connectivity index (χ0) is 10.3. The predicted octanol–water partition coefficient (Wildman–Crippen LogP) is 2.91. The number of pyridine rings is 1. The molecule has 1 aliphatic carbocycles.